The van der Waals surface area contributed by atoms with E-state index in [2.05, 4.69) is 26.1 Å². The molecule has 0 saturated carbocycles. The predicted octanol–water partition coefficient (Wildman–Crippen LogP) is 2.21. The standard InChI is InChI=1S/C11H11BrN2O3/c1-7-13-11(14-17-7)6-16-10-3-2-8(5-15)4-9(10)12/h2-4,15H,5-6H2,1H3. The van der Waals surface area contributed by atoms with E-state index in [1.165, 1.54) is 0 Å². The molecule has 0 bridgehead atoms. The topological polar surface area (TPSA) is 68.4 Å². The lowest BCUT2D eigenvalue weighted by molar-refractivity contribution is 0.277. The molecule has 0 saturated heterocycles. The zero-order chi connectivity index (χ0) is 12.3. The number of halogens is 1. The zero-order valence-electron chi connectivity index (χ0n) is 9.18. The maximum Gasteiger partial charge on any atom is 0.223 e. The summed E-state index contributed by atoms with van der Waals surface area (Å²) in [5.74, 6) is 1.68. The highest BCUT2D eigenvalue weighted by atomic mass is 79.9. The summed E-state index contributed by atoms with van der Waals surface area (Å²) in [6.45, 7) is 1.97. The lowest BCUT2D eigenvalue weighted by atomic mass is 10.2. The van der Waals surface area contributed by atoms with E-state index in [9.17, 15) is 0 Å². The molecule has 0 unspecified atom stereocenters. The van der Waals surface area contributed by atoms with E-state index in [1.807, 2.05) is 0 Å². The maximum atomic E-state index is 8.97. The lowest BCUT2D eigenvalue weighted by Crippen LogP contribution is -1.98. The Hall–Kier alpha value is -1.40. The largest absolute Gasteiger partial charge is 0.484 e. The first kappa shape index (κ1) is 12.1. The van der Waals surface area contributed by atoms with Crippen LogP contribution in [0, 0.1) is 6.92 Å². The molecule has 1 aromatic heterocycles. The number of ether oxygens (including phenoxy) is 1. The van der Waals surface area contributed by atoms with Crippen LogP contribution >= 0.6 is 15.9 Å². The number of hydrogen-bond acceptors (Lipinski definition) is 5. The SMILES string of the molecule is Cc1nc(COc2ccc(CO)cc2Br)no1. The molecule has 0 atom stereocenters. The summed E-state index contributed by atoms with van der Waals surface area (Å²) < 4.78 is 11.1. The number of rotatable bonds is 4. The first-order valence-corrected chi connectivity index (χ1v) is 5.79. The molecule has 6 heteroatoms. The van der Waals surface area contributed by atoms with Gasteiger partial charge in [0.05, 0.1) is 11.1 Å². The van der Waals surface area contributed by atoms with Gasteiger partial charge in [0.25, 0.3) is 0 Å². The maximum absolute atomic E-state index is 8.97. The molecule has 0 amide bonds. The van der Waals surface area contributed by atoms with Crippen LogP contribution in [0.25, 0.3) is 0 Å². The van der Waals surface area contributed by atoms with Gasteiger partial charge in [0, 0.05) is 6.92 Å². The van der Waals surface area contributed by atoms with Gasteiger partial charge in [-0.1, -0.05) is 11.2 Å². The molecule has 1 heterocycles. The van der Waals surface area contributed by atoms with E-state index in [4.69, 9.17) is 14.4 Å². The van der Waals surface area contributed by atoms with Gasteiger partial charge in [-0.2, -0.15) is 4.98 Å². The summed E-state index contributed by atoms with van der Waals surface area (Å²) in [4.78, 5) is 4.03. The van der Waals surface area contributed by atoms with Gasteiger partial charge in [-0.25, -0.2) is 0 Å². The van der Waals surface area contributed by atoms with Crippen LogP contribution in [-0.4, -0.2) is 15.2 Å². The quantitative estimate of drug-likeness (QED) is 0.937. The van der Waals surface area contributed by atoms with Gasteiger partial charge in [-0.3, -0.25) is 0 Å². The van der Waals surface area contributed by atoms with Crippen molar-refractivity contribution in [2.45, 2.75) is 20.1 Å². The van der Waals surface area contributed by atoms with Gasteiger partial charge in [0.1, 0.15) is 5.75 Å². The van der Waals surface area contributed by atoms with Crippen LogP contribution in [0.1, 0.15) is 17.3 Å². The van der Waals surface area contributed by atoms with Crippen LogP contribution in [0.4, 0.5) is 0 Å². The third kappa shape index (κ3) is 3.04. The molecular formula is C11H11BrN2O3. The molecule has 1 N–H and O–H groups in total. The monoisotopic (exact) mass is 298 g/mol. The Morgan fingerprint density at radius 2 is 2.29 bits per heavy atom. The van der Waals surface area contributed by atoms with E-state index in [0.717, 1.165) is 10.0 Å². The summed E-state index contributed by atoms with van der Waals surface area (Å²) in [7, 11) is 0. The fourth-order valence-electron chi connectivity index (χ4n) is 1.30. The molecule has 0 radical (unpaired) electrons. The number of aliphatic hydroxyl groups excluding tert-OH is 1. The number of benzene rings is 1. The molecule has 0 aliphatic carbocycles. The van der Waals surface area contributed by atoms with Gasteiger partial charge < -0.3 is 14.4 Å². The van der Waals surface area contributed by atoms with Crippen LogP contribution in [0.2, 0.25) is 0 Å². The molecule has 2 rings (SSSR count). The number of nitrogens with zero attached hydrogens (tertiary/aromatic N) is 2. The van der Waals surface area contributed by atoms with E-state index < -0.39 is 0 Å². The second-order valence-electron chi connectivity index (χ2n) is 3.44. The first-order chi connectivity index (χ1) is 8.19. The normalized spacial score (nSPS) is 10.5. The third-order valence-electron chi connectivity index (χ3n) is 2.11. The second-order valence-corrected chi connectivity index (χ2v) is 4.30. The molecule has 1 aromatic carbocycles. The molecule has 0 aliphatic heterocycles. The third-order valence-corrected chi connectivity index (χ3v) is 2.72. The Kier molecular flexibility index (Phi) is 3.75. The highest BCUT2D eigenvalue weighted by Gasteiger charge is 2.06. The van der Waals surface area contributed by atoms with Gasteiger partial charge in [-0.05, 0) is 33.6 Å². The smallest absolute Gasteiger partial charge is 0.223 e. The van der Waals surface area contributed by atoms with Crippen molar-refractivity contribution < 1.29 is 14.4 Å². The van der Waals surface area contributed by atoms with Crippen molar-refractivity contribution >= 4 is 15.9 Å². The highest BCUT2D eigenvalue weighted by Crippen LogP contribution is 2.26. The summed E-state index contributed by atoms with van der Waals surface area (Å²) in [6, 6.07) is 5.38. The second kappa shape index (κ2) is 5.29. The van der Waals surface area contributed by atoms with Crippen molar-refractivity contribution in [1.82, 2.24) is 10.1 Å². The summed E-state index contributed by atoms with van der Waals surface area (Å²) >= 11 is 3.37. The predicted molar refractivity (Wildman–Crippen MR) is 63.4 cm³/mol. The Labute approximate surface area is 107 Å². The number of aromatic nitrogens is 2. The van der Waals surface area contributed by atoms with Crippen molar-refractivity contribution in [3.63, 3.8) is 0 Å². The minimum absolute atomic E-state index is 0.00289. The Balaban J connectivity index is 2.04. The number of aryl methyl sites for hydroxylation is 1. The minimum Gasteiger partial charge on any atom is -0.484 e. The lowest BCUT2D eigenvalue weighted by Gasteiger charge is -2.06. The van der Waals surface area contributed by atoms with Crippen molar-refractivity contribution in [1.29, 1.82) is 0 Å². The van der Waals surface area contributed by atoms with Crippen LogP contribution in [-0.2, 0) is 13.2 Å². The molecule has 5 nitrogen and oxygen atoms in total. The first-order valence-electron chi connectivity index (χ1n) is 5.00. The minimum atomic E-state index is 0.00289. The molecule has 17 heavy (non-hydrogen) atoms. The Bertz CT molecular complexity index is 513. The zero-order valence-corrected chi connectivity index (χ0v) is 10.8. The molecule has 2 aromatic rings. The van der Waals surface area contributed by atoms with E-state index in [1.54, 1.807) is 25.1 Å². The summed E-state index contributed by atoms with van der Waals surface area (Å²) in [5, 5.41) is 12.7. The van der Waals surface area contributed by atoms with Crippen molar-refractivity contribution in [2.24, 2.45) is 0 Å². The fraction of sp³-hybridized carbons (Fsp3) is 0.273. The Morgan fingerprint density at radius 3 is 2.88 bits per heavy atom. The van der Waals surface area contributed by atoms with Crippen LogP contribution in [0.3, 0.4) is 0 Å². The van der Waals surface area contributed by atoms with Crippen LogP contribution in [0.5, 0.6) is 5.75 Å². The van der Waals surface area contributed by atoms with Crippen LogP contribution < -0.4 is 4.74 Å². The highest BCUT2D eigenvalue weighted by molar-refractivity contribution is 9.10. The number of hydrogen-bond donors (Lipinski definition) is 1. The van der Waals surface area contributed by atoms with Crippen LogP contribution in [0.15, 0.2) is 27.2 Å². The number of aliphatic hydroxyl groups is 1. The average molecular weight is 299 g/mol. The molecule has 0 spiro atoms. The van der Waals surface area contributed by atoms with Crippen molar-refractivity contribution in [3.8, 4) is 5.75 Å². The molecule has 0 fully saturated rings. The van der Waals surface area contributed by atoms with E-state index in [-0.39, 0.29) is 13.2 Å². The molecule has 0 aliphatic rings. The molecular weight excluding hydrogens is 288 g/mol. The van der Waals surface area contributed by atoms with E-state index >= 15 is 0 Å². The summed E-state index contributed by atoms with van der Waals surface area (Å²) in [6.07, 6.45) is 0. The van der Waals surface area contributed by atoms with Gasteiger partial charge in [0.15, 0.2) is 6.61 Å². The van der Waals surface area contributed by atoms with Crippen molar-refractivity contribution in [3.05, 3.63) is 40.0 Å². The average Bonchev–Trinajstić information content (AvgIpc) is 2.73. The van der Waals surface area contributed by atoms with E-state index in [0.29, 0.717) is 17.5 Å². The van der Waals surface area contributed by atoms with Gasteiger partial charge in [0.2, 0.25) is 11.7 Å². The Morgan fingerprint density at radius 1 is 1.47 bits per heavy atom. The fourth-order valence-corrected chi connectivity index (χ4v) is 1.84. The van der Waals surface area contributed by atoms with Gasteiger partial charge in [-0.15, -0.1) is 0 Å². The summed E-state index contributed by atoms with van der Waals surface area (Å²) in [5.41, 5.74) is 0.819. The molecule has 90 valence electrons. The van der Waals surface area contributed by atoms with Gasteiger partial charge >= 0.3 is 0 Å². The van der Waals surface area contributed by atoms with Crippen molar-refractivity contribution in [2.75, 3.05) is 0 Å².